The second-order valence-corrected chi connectivity index (χ2v) is 4.12. The van der Waals surface area contributed by atoms with Gasteiger partial charge in [0.2, 0.25) is 5.91 Å². The number of nitrogens with zero attached hydrogens (tertiary/aromatic N) is 1. The quantitative estimate of drug-likeness (QED) is 0.592. The normalized spacial score (nSPS) is 20.4. The standard InChI is InChI=1S/C12H14N2O3/c13-8-3-1-4-9(7-8)14-6-2-5-10(11(14)15)12(16)17/h1,3-4,7,10H,2,5-6,13H2,(H,16,17)/t10-/m0/s1. The summed E-state index contributed by atoms with van der Waals surface area (Å²) in [6.07, 6.45) is 1.10. The third-order valence-corrected chi connectivity index (χ3v) is 2.92. The molecule has 1 aromatic carbocycles. The summed E-state index contributed by atoms with van der Waals surface area (Å²) in [6.45, 7) is 0.548. The number of hydrogen-bond donors (Lipinski definition) is 2. The van der Waals surface area contributed by atoms with E-state index in [0.717, 1.165) is 0 Å². The fourth-order valence-corrected chi connectivity index (χ4v) is 2.05. The summed E-state index contributed by atoms with van der Waals surface area (Å²) in [4.78, 5) is 24.4. The van der Waals surface area contributed by atoms with E-state index in [1.807, 2.05) is 0 Å². The average molecular weight is 234 g/mol. The second kappa shape index (κ2) is 4.45. The van der Waals surface area contributed by atoms with Crippen LogP contribution in [0.15, 0.2) is 24.3 Å². The van der Waals surface area contributed by atoms with Crippen LogP contribution in [-0.4, -0.2) is 23.5 Å². The molecular formula is C12H14N2O3. The van der Waals surface area contributed by atoms with Gasteiger partial charge in [0.15, 0.2) is 0 Å². The van der Waals surface area contributed by atoms with Crippen LogP contribution in [0.2, 0.25) is 0 Å². The Bertz CT molecular complexity index is 459. The molecule has 0 aliphatic carbocycles. The highest BCUT2D eigenvalue weighted by atomic mass is 16.4. The lowest BCUT2D eigenvalue weighted by atomic mass is 9.96. The molecule has 1 aromatic rings. The Kier molecular flexibility index (Phi) is 2.99. The Labute approximate surface area is 98.8 Å². The molecule has 1 heterocycles. The summed E-state index contributed by atoms with van der Waals surface area (Å²) in [5.41, 5.74) is 6.88. The number of anilines is 2. The first-order valence-corrected chi connectivity index (χ1v) is 5.49. The molecule has 0 radical (unpaired) electrons. The molecule has 90 valence electrons. The SMILES string of the molecule is Nc1cccc(N2CCC[C@H](C(=O)O)C2=O)c1. The maximum absolute atomic E-state index is 12.0. The minimum atomic E-state index is -1.05. The molecule has 0 saturated carbocycles. The van der Waals surface area contributed by atoms with Crippen LogP contribution < -0.4 is 10.6 Å². The second-order valence-electron chi connectivity index (χ2n) is 4.12. The Balaban J connectivity index is 2.27. The van der Waals surface area contributed by atoms with Gasteiger partial charge in [0.05, 0.1) is 0 Å². The van der Waals surface area contributed by atoms with Crippen molar-refractivity contribution in [3.8, 4) is 0 Å². The molecule has 0 spiro atoms. The van der Waals surface area contributed by atoms with Gasteiger partial charge in [-0.25, -0.2) is 0 Å². The van der Waals surface area contributed by atoms with Crippen molar-refractivity contribution < 1.29 is 14.7 Å². The molecular weight excluding hydrogens is 220 g/mol. The third kappa shape index (κ3) is 2.22. The van der Waals surface area contributed by atoms with Crippen molar-refractivity contribution in [2.24, 2.45) is 5.92 Å². The highest BCUT2D eigenvalue weighted by molar-refractivity contribution is 6.06. The van der Waals surface area contributed by atoms with Gasteiger partial charge < -0.3 is 15.7 Å². The predicted octanol–water partition coefficient (Wildman–Crippen LogP) is 1.10. The first-order valence-electron chi connectivity index (χ1n) is 5.49. The van der Waals surface area contributed by atoms with Gasteiger partial charge in [-0.2, -0.15) is 0 Å². The molecule has 5 nitrogen and oxygen atoms in total. The lowest BCUT2D eigenvalue weighted by Crippen LogP contribution is -2.44. The van der Waals surface area contributed by atoms with Crippen molar-refractivity contribution in [3.63, 3.8) is 0 Å². The summed E-state index contributed by atoms with van der Waals surface area (Å²) in [5, 5.41) is 8.96. The number of benzene rings is 1. The van der Waals surface area contributed by atoms with Gasteiger partial charge in [-0.1, -0.05) is 6.07 Å². The zero-order valence-electron chi connectivity index (χ0n) is 9.30. The lowest BCUT2D eigenvalue weighted by Gasteiger charge is -2.30. The fraction of sp³-hybridized carbons (Fsp3) is 0.333. The highest BCUT2D eigenvalue weighted by Crippen LogP contribution is 2.25. The van der Waals surface area contributed by atoms with Gasteiger partial charge in [-0.3, -0.25) is 9.59 Å². The molecule has 0 unspecified atom stereocenters. The summed E-state index contributed by atoms with van der Waals surface area (Å²) < 4.78 is 0. The van der Waals surface area contributed by atoms with E-state index in [1.54, 1.807) is 24.3 Å². The van der Waals surface area contributed by atoms with Crippen molar-refractivity contribution in [3.05, 3.63) is 24.3 Å². The van der Waals surface area contributed by atoms with Gasteiger partial charge in [0.25, 0.3) is 0 Å². The van der Waals surface area contributed by atoms with Crippen LogP contribution in [0.4, 0.5) is 11.4 Å². The van der Waals surface area contributed by atoms with E-state index in [-0.39, 0.29) is 5.91 Å². The molecule has 0 aromatic heterocycles. The van der Waals surface area contributed by atoms with E-state index in [1.165, 1.54) is 4.90 Å². The molecule has 0 bridgehead atoms. The van der Waals surface area contributed by atoms with Gasteiger partial charge in [-0.05, 0) is 31.0 Å². The van der Waals surface area contributed by atoms with Crippen LogP contribution in [0.25, 0.3) is 0 Å². The number of carboxylic acids is 1. The molecule has 1 saturated heterocycles. The zero-order chi connectivity index (χ0) is 12.4. The molecule has 2 rings (SSSR count). The van der Waals surface area contributed by atoms with E-state index in [2.05, 4.69) is 0 Å². The number of carboxylic acid groups (broad SMARTS) is 1. The molecule has 17 heavy (non-hydrogen) atoms. The van der Waals surface area contributed by atoms with Crippen molar-refractivity contribution in [1.82, 2.24) is 0 Å². The monoisotopic (exact) mass is 234 g/mol. The predicted molar refractivity (Wildman–Crippen MR) is 63.6 cm³/mol. The minimum Gasteiger partial charge on any atom is -0.481 e. The van der Waals surface area contributed by atoms with Crippen LogP contribution in [-0.2, 0) is 9.59 Å². The topological polar surface area (TPSA) is 83.6 Å². The van der Waals surface area contributed by atoms with Crippen molar-refractivity contribution in [2.45, 2.75) is 12.8 Å². The van der Waals surface area contributed by atoms with Gasteiger partial charge >= 0.3 is 5.97 Å². The van der Waals surface area contributed by atoms with Crippen LogP contribution in [0, 0.1) is 5.92 Å². The van der Waals surface area contributed by atoms with Gasteiger partial charge in [0.1, 0.15) is 5.92 Å². The Hall–Kier alpha value is -2.04. The van der Waals surface area contributed by atoms with Crippen molar-refractivity contribution in [2.75, 3.05) is 17.2 Å². The maximum Gasteiger partial charge on any atom is 0.316 e. The van der Waals surface area contributed by atoms with E-state index in [0.29, 0.717) is 30.8 Å². The van der Waals surface area contributed by atoms with E-state index in [9.17, 15) is 9.59 Å². The molecule has 3 N–H and O–H groups in total. The van der Waals surface area contributed by atoms with Crippen molar-refractivity contribution >= 4 is 23.3 Å². The number of nitrogens with two attached hydrogens (primary N) is 1. The number of carbonyl (C=O) groups is 2. The van der Waals surface area contributed by atoms with Gasteiger partial charge in [0, 0.05) is 17.9 Å². The number of carbonyl (C=O) groups excluding carboxylic acids is 1. The number of amides is 1. The Morgan fingerprint density at radius 1 is 1.47 bits per heavy atom. The average Bonchev–Trinajstić information content (AvgIpc) is 2.29. The Morgan fingerprint density at radius 3 is 2.88 bits per heavy atom. The first kappa shape index (κ1) is 11.4. The number of aliphatic carboxylic acids is 1. The minimum absolute atomic E-state index is 0.352. The number of hydrogen-bond acceptors (Lipinski definition) is 3. The molecule has 5 heteroatoms. The van der Waals surface area contributed by atoms with E-state index >= 15 is 0 Å². The third-order valence-electron chi connectivity index (χ3n) is 2.92. The molecule has 1 aliphatic rings. The number of nitrogen functional groups attached to an aromatic ring is 1. The van der Waals surface area contributed by atoms with Crippen LogP contribution >= 0.6 is 0 Å². The fourth-order valence-electron chi connectivity index (χ4n) is 2.05. The first-order chi connectivity index (χ1) is 8.09. The summed E-state index contributed by atoms with van der Waals surface area (Å²) >= 11 is 0. The smallest absolute Gasteiger partial charge is 0.316 e. The molecule has 1 atom stereocenters. The van der Waals surface area contributed by atoms with Crippen LogP contribution in [0.3, 0.4) is 0 Å². The molecule has 1 aliphatic heterocycles. The van der Waals surface area contributed by atoms with Crippen molar-refractivity contribution in [1.29, 1.82) is 0 Å². The summed E-state index contributed by atoms with van der Waals surface area (Å²) in [6, 6.07) is 6.93. The number of rotatable bonds is 2. The van der Waals surface area contributed by atoms with Crippen LogP contribution in [0.1, 0.15) is 12.8 Å². The van der Waals surface area contributed by atoms with E-state index in [4.69, 9.17) is 10.8 Å². The summed E-state index contributed by atoms with van der Waals surface area (Å²) in [5.74, 6) is -2.33. The van der Waals surface area contributed by atoms with Crippen LogP contribution in [0.5, 0.6) is 0 Å². The zero-order valence-corrected chi connectivity index (χ0v) is 9.30. The largest absolute Gasteiger partial charge is 0.481 e. The molecule has 1 amide bonds. The Morgan fingerprint density at radius 2 is 2.24 bits per heavy atom. The van der Waals surface area contributed by atoms with E-state index < -0.39 is 11.9 Å². The number of piperidine rings is 1. The lowest BCUT2D eigenvalue weighted by molar-refractivity contribution is -0.147. The molecule has 1 fully saturated rings. The maximum atomic E-state index is 12.0. The van der Waals surface area contributed by atoms with Gasteiger partial charge in [-0.15, -0.1) is 0 Å². The highest BCUT2D eigenvalue weighted by Gasteiger charge is 2.34. The summed E-state index contributed by atoms with van der Waals surface area (Å²) in [7, 11) is 0.